The van der Waals surface area contributed by atoms with Crippen molar-refractivity contribution in [1.29, 1.82) is 0 Å². The summed E-state index contributed by atoms with van der Waals surface area (Å²) >= 11 is 1.82. The number of hydrogen-bond acceptors (Lipinski definition) is 5. The van der Waals surface area contributed by atoms with Crippen LogP contribution in [-0.2, 0) is 0 Å². The number of fused-ring (bicyclic) bond motifs is 13. The Morgan fingerprint density at radius 1 is 0.441 bits per heavy atom. The van der Waals surface area contributed by atoms with Crippen molar-refractivity contribution in [3.63, 3.8) is 0 Å². The van der Waals surface area contributed by atoms with Gasteiger partial charge in [0.15, 0.2) is 5.84 Å². The van der Waals surface area contributed by atoms with Crippen molar-refractivity contribution in [2.45, 2.75) is 6.17 Å². The Balaban J connectivity index is 0.996. The molecule has 7 heteroatoms. The maximum atomic E-state index is 6.82. The summed E-state index contributed by atoms with van der Waals surface area (Å²) in [5.41, 5.74) is 11.1. The van der Waals surface area contributed by atoms with Crippen molar-refractivity contribution in [3.05, 3.63) is 229 Å². The van der Waals surface area contributed by atoms with E-state index in [0.717, 1.165) is 77.9 Å². The van der Waals surface area contributed by atoms with E-state index in [0.29, 0.717) is 5.84 Å². The molecule has 1 aliphatic heterocycles. The first-order valence-electron chi connectivity index (χ1n) is 23.0. The van der Waals surface area contributed by atoms with Crippen molar-refractivity contribution in [1.82, 2.24) is 14.5 Å². The Morgan fingerprint density at radius 2 is 1.09 bits per heavy atom. The lowest BCUT2D eigenvalue weighted by atomic mass is 10.0. The van der Waals surface area contributed by atoms with E-state index in [9.17, 15) is 0 Å². The molecule has 4 aromatic heterocycles. The highest BCUT2D eigenvalue weighted by atomic mass is 32.1. The van der Waals surface area contributed by atoms with Crippen LogP contribution in [0, 0.1) is 0 Å². The number of furan rings is 1. The molecule has 1 unspecified atom stereocenters. The van der Waals surface area contributed by atoms with Gasteiger partial charge in [-0.05, 0) is 89.1 Å². The molecule has 0 saturated heterocycles. The summed E-state index contributed by atoms with van der Waals surface area (Å²) in [6.45, 7) is 0. The molecule has 10 aromatic carbocycles. The summed E-state index contributed by atoms with van der Waals surface area (Å²) in [5.74, 6) is 1.38. The fourth-order valence-electron chi connectivity index (χ4n) is 10.9. The highest BCUT2D eigenvalue weighted by Crippen LogP contribution is 2.41. The zero-order valence-corrected chi connectivity index (χ0v) is 37.2. The minimum atomic E-state index is -0.451. The summed E-state index contributed by atoms with van der Waals surface area (Å²) in [6, 6.07) is 76.2. The molecule has 0 fully saturated rings. The van der Waals surface area contributed by atoms with Crippen LogP contribution >= 0.6 is 11.3 Å². The summed E-state index contributed by atoms with van der Waals surface area (Å²) in [5, 5.41) is 15.6. The average Bonchev–Trinajstić information content (AvgIpc) is 4.15. The van der Waals surface area contributed by atoms with Gasteiger partial charge in [-0.25, -0.2) is 9.98 Å². The van der Waals surface area contributed by atoms with Gasteiger partial charge in [0.1, 0.15) is 23.2 Å². The minimum Gasteiger partial charge on any atom is -0.456 e. The SMILES string of the molecule is c1ccc(-n2c3ccccc3c3ccc(C4=NC(c5ccc6sc7ccccc7c6c5)NC(c5cc(-n6c7ccccc7c7cc8ccccc8cc76)cc6oc7ccccc7c56)=N4)cc32)cc1. The molecule has 318 valence electrons. The van der Waals surface area contributed by atoms with E-state index in [1.165, 1.54) is 52.5 Å². The normalized spacial score (nSPS) is 14.3. The third-order valence-corrected chi connectivity index (χ3v) is 15.1. The second-order valence-corrected chi connectivity index (χ2v) is 18.9. The summed E-state index contributed by atoms with van der Waals surface area (Å²) in [4.78, 5) is 11.1. The van der Waals surface area contributed by atoms with Gasteiger partial charge in [0, 0.05) is 75.4 Å². The van der Waals surface area contributed by atoms with Crippen LogP contribution in [-0.4, -0.2) is 20.8 Å². The Morgan fingerprint density at radius 3 is 1.93 bits per heavy atom. The molecule has 0 radical (unpaired) electrons. The Labute approximate surface area is 392 Å². The van der Waals surface area contributed by atoms with E-state index < -0.39 is 6.17 Å². The topological polar surface area (TPSA) is 59.8 Å². The molecule has 14 aromatic rings. The predicted octanol–water partition coefficient (Wildman–Crippen LogP) is 15.8. The van der Waals surface area contributed by atoms with Gasteiger partial charge in [0.25, 0.3) is 0 Å². The second-order valence-electron chi connectivity index (χ2n) is 17.8. The van der Waals surface area contributed by atoms with Crippen LogP contribution < -0.4 is 5.32 Å². The lowest BCUT2D eigenvalue weighted by molar-refractivity contribution is 0.667. The van der Waals surface area contributed by atoms with Gasteiger partial charge in [-0.1, -0.05) is 133 Å². The maximum absolute atomic E-state index is 6.82. The van der Waals surface area contributed by atoms with Crippen LogP contribution in [0.4, 0.5) is 0 Å². The van der Waals surface area contributed by atoms with Crippen LogP contribution in [0.5, 0.6) is 0 Å². The standard InChI is InChI=1S/C61H37N5OS/c1-2-16-40(17-3-1)65-50-22-10-6-18-42(50)44-28-26-39(33-52(44)65)60-62-59(38-27-29-57-48(31-38)45-20-9-13-25-56(45)68-57)63-61(64-60)49-34-41(35-55-58(49)46-21-8-12-24-54(46)67-55)66-51-23-11-7-19-43(51)47-30-36-14-4-5-15-37(36)32-53(47)66/h1-35,59H,(H,62,63,64). The number of nitrogens with zero attached hydrogens (tertiary/aromatic N) is 4. The number of para-hydroxylation sites is 4. The number of aromatic nitrogens is 2. The first-order valence-corrected chi connectivity index (χ1v) is 23.8. The Bertz CT molecular complexity index is 4490. The van der Waals surface area contributed by atoms with Gasteiger partial charge >= 0.3 is 0 Å². The van der Waals surface area contributed by atoms with Crippen LogP contribution in [0.1, 0.15) is 22.9 Å². The molecular formula is C61H37N5OS. The second kappa shape index (κ2) is 14.4. The molecule has 68 heavy (non-hydrogen) atoms. The number of rotatable bonds is 5. The zero-order valence-electron chi connectivity index (χ0n) is 36.4. The highest BCUT2D eigenvalue weighted by molar-refractivity contribution is 7.25. The molecule has 0 bridgehead atoms. The minimum absolute atomic E-state index is 0.451. The molecular weight excluding hydrogens is 851 g/mol. The third kappa shape index (κ3) is 5.57. The van der Waals surface area contributed by atoms with Crippen molar-refractivity contribution < 1.29 is 4.42 Å². The summed E-state index contributed by atoms with van der Waals surface area (Å²) in [7, 11) is 0. The van der Waals surface area contributed by atoms with Crippen LogP contribution in [0.3, 0.4) is 0 Å². The monoisotopic (exact) mass is 887 g/mol. The van der Waals surface area contributed by atoms with Crippen LogP contribution in [0.2, 0.25) is 0 Å². The molecule has 0 aliphatic carbocycles. The lowest BCUT2D eigenvalue weighted by Gasteiger charge is -2.25. The van der Waals surface area contributed by atoms with E-state index >= 15 is 0 Å². The van der Waals surface area contributed by atoms with Crippen molar-refractivity contribution in [3.8, 4) is 11.4 Å². The largest absolute Gasteiger partial charge is 0.456 e. The quantitative estimate of drug-likeness (QED) is 0.187. The number of benzene rings is 10. The van der Waals surface area contributed by atoms with Gasteiger partial charge in [-0.3, -0.25) is 0 Å². The lowest BCUT2D eigenvalue weighted by Crippen LogP contribution is -2.33. The van der Waals surface area contributed by atoms with Gasteiger partial charge in [-0.2, -0.15) is 0 Å². The summed E-state index contributed by atoms with van der Waals surface area (Å²) < 4.78 is 14.1. The average molecular weight is 888 g/mol. The fourth-order valence-corrected chi connectivity index (χ4v) is 11.9. The first-order chi connectivity index (χ1) is 33.7. The first kappa shape index (κ1) is 37.4. The van der Waals surface area contributed by atoms with Crippen molar-refractivity contribution >= 4 is 120 Å². The molecule has 0 saturated carbocycles. The van der Waals surface area contributed by atoms with Gasteiger partial charge in [-0.15, -0.1) is 11.3 Å². The summed E-state index contributed by atoms with van der Waals surface area (Å²) in [6.07, 6.45) is -0.451. The number of thiophene rings is 1. The molecule has 1 aliphatic rings. The van der Waals surface area contributed by atoms with E-state index in [4.69, 9.17) is 14.4 Å². The van der Waals surface area contributed by atoms with Crippen molar-refractivity contribution in [2.75, 3.05) is 0 Å². The van der Waals surface area contributed by atoms with Gasteiger partial charge in [0.05, 0.1) is 27.8 Å². The Kier molecular flexibility index (Phi) is 7.91. The molecule has 0 amide bonds. The number of hydrogen-bond donors (Lipinski definition) is 1. The molecule has 0 spiro atoms. The van der Waals surface area contributed by atoms with E-state index in [2.05, 4.69) is 221 Å². The van der Waals surface area contributed by atoms with Gasteiger partial charge in [0.2, 0.25) is 0 Å². The predicted molar refractivity (Wildman–Crippen MR) is 285 cm³/mol. The van der Waals surface area contributed by atoms with E-state index in [-0.39, 0.29) is 0 Å². The molecule has 1 atom stereocenters. The van der Waals surface area contributed by atoms with Gasteiger partial charge < -0.3 is 18.9 Å². The number of aliphatic imine (C=N–C) groups is 2. The molecule has 5 heterocycles. The highest BCUT2D eigenvalue weighted by Gasteiger charge is 2.27. The molecule has 6 nitrogen and oxygen atoms in total. The van der Waals surface area contributed by atoms with E-state index in [1.807, 2.05) is 17.4 Å². The Hall–Kier alpha value is -8.78. The zero-order chi connectivity index (χ0) is 44.5. The number of amidine groups is 2. The fraction of sp³-hybridized carbons (Fsp3) is 0.0164. The maximum Gasteiger partial charge on any atom is 0.159 e. The van der Waals surface area contributed by atoms with Crippen molar-refractivity contribution in [2.24, 2.45) is 9.98 Å². The van der Waals surface area contributed by atoms with E-state index in [1.54, 1.807) is 0 Å². The smallest absolute Gasteiger partial charge is 0.159 e. The molecule has 15 rings (SSSR count). The molecule has 1 N–H and O–H groups in total. The van der Waals surface area contributed by atoms with Crippen LogP contribution in [0.25, 0.3) is 108 Å². The van der Waals surface area contributed by atoms with Crippen LogP contribution in [0.15, 0.2) is 227 Å². The third-order valence-electron chi connectivity index (χ3n) is 13.9. The number of nitrogens with one attached hydrogen (secondary N) is 1.